The molecule has 0 aromatic heterocycles. The molecular formula is C14H21NO2. The third-order valence-corrected chi connectivity index (χ3v) is 2.74. The Balaban J connectivity index is 2.47. The SMILES string of the molecule is CCCCCCOC(=O)c1c(C)cccc1N. The van der Waals surface area contributed by atoms with Gasteiger partial charge in [0.05, 0.1) is 12.2 Å². The lowest BCUT2D eigenvalue weighted by Gasteiger charge is -2.09. The van der Waals surface area contributed by atoms with Crippen molar-refractivity contribution in [3.8, 4) is 0 Å². The second-order valence-electron chi connectivity index (χ2n) is 4.24. The fourth-order valence-corrected chi connectivity index (χ4v) is 1.74. The first-order valence-electron chi connectivity index (χ1n) is 6.19. The van der Waals surface area contributed by atoms with Crippen LogP contribution in [-0.4, -0.2) is 12.6 Å². The van der Waals surface area contributed by atoms with Crippen molar-refractivity contribution in [2.45, 2.75) is 39.5 Å². The van der Waals surface area contributed by atoms with Gasteiger partial charge in [-0.05, 0) is 25.0 Å². The zero-order valence-electron chi connectivity index (χ0n) is 10.7. The van der Waals surface area contributed by atoms with Crippen molar-refractivity contribution < 1.29 is 9.53 Å². The monoisotopic (exact) mass is 235 g/mol. The zero-order valence-corrected chi connectivity index (χ0v) is 10.7. The highest BCUT2D eigenvalue weighted by molar-refractivity contribution is 5.96. The van der Waals surface area contributed by atoms with Crippen molar-refractivity contribution in [1.82, 2.24) is 0 Å². The van der Waals surface area contributed by atoms with Gasteiger partial charge in [-0.25, -0.2) is 4.79 Å². The lowest BCUT2D eigenvalue weighted by atomic mass is 10.1. The average molecular weight is 235 g/mol. The molecule has 0 spiro atoms. The predicted molar refractivity (Wildman–Crippen MR) is 70.0 cm³/mol. The second-order valence-corrected chi connectivity index (χ2v) is 4.24. The lowest BCUT2D eigenvalue weighted by Crippen LogP contribution is -2.11. The quantitative estimate of drug-likeness (QED) is 0.467. The summed E-state index contributed by atoms with van der Waals surface area (Å²) in [6, 6.07) is 5.42. The second kappa shape index (κ2) is 6.94. The topological polar surface area (TPSA) is 52.3 Å². The molecule has 17 heavy (non-hydrogen) atoms. The molecule has 0 aliphatic heterocycles. The number of anilines is 1. The molecule has 0 atom stereocenters. The van der Waals surface area contributed by atoms with Crippen LogP contribution in [0.25, 0.3) is 0 Å². The largest absolute Gasteiger partial charge is 0.462 e. The summed E-state index contributed by atoms with van der Waals surface area (Å²) >= 11 is 0. The van der Waals surface area contributed by atoms with E-state index >= 15 is 0 Å². The van der Waals surface area contributed by atoms with Crippen LogP contribution in [-0.2, 0) is 4.74 Å². The Morgan fingerprint density at radius 1 is 1.29 bits per heavy atom. The maximum atomic E-state index is 11.8. The highest BCUT2D eigenvalue weighted by Crippen LogP contribution is 2.17. The predicted octanol–water partition coefficient (Wildman–Crippen LogP) is 3.31. The molecule has 0 aliphatic carbocycles. The number of carbonyl (C=O) groups is 1. The molecule has 3 nitrogen and oxygen atoms in total. The normalized spacial score (nSPS) is 10.2. The van der Waals surface area contributed by atoms with Crippen LogP contribution in [0.5, 0.6) is 0 Å². The van der Waals surface area contributed by atoms with Crippen molar-refractivity contribution in [2.75, 3.05) is 12.3 Å². The molecule has 0 aliphatic rings. The molecule has 0 fully saturated rings. The average Bonchev–Trinajstić information content (AvgIpc) is 2.28. The molecule has 2 N–H and O–H groups in total. The van der Waals surface area contributed by atoms with Crippen molar-refractivity contribution in [1.29, 1.82) is 0 Å². The third-order valence-electron chi connectivity index (χ3n) is 2.74. The van der Waals surface area contributed by atoms with Crippen LogP contribution in [0.4, 0.5) is 5.69 Å². The van der Waals surface area contributed by atoms with E-state index in [-0.39, 0.29) is 5.97 Å². The van der Waals surface area contributed by atoms with Gasteiger partial charge >= 0.3 is 5.97 Å². The molecule has 3 heteroatoms. The van der Waals surface area contributed by atoms with Gasteiger partial charge < -0.3 is 10.5 Å². The van der Waals surface area contributed by atoms with E-state index in [0.717, 1.165) is 18.4 Å². The van der Waals surface area contributed by atoms with E-state index in [2.05, 4.69) is 6.92 Å². The Kier molecular flexibility index (Phi) is 5.53. The summed E-state index contributed by atoms with van der Waals surface area (Å²) in [6.07, 6.45) is 4.39. The molecule has 0 radical (unpaired) electrons. The van der Waals surface area contributed by atoms with Crippen LogP contribution in [0.2, 0.25) is 0 Å². The Morgan fingerprint density at radius 3 is 2.71 bits per heavy atom. The molecule has 0 heterocycles. The van der Waals surface area contributed by atoms with Crippen LogP contribution < -0.4 is 5.73 Å². The van der Waals surface area contributed by atoms with E-state index < -0.39 is 0 Å². The van der Waals surface area contributed by atoms with E-state index in [0.29, 0.717) is 17.9 Å². The number of aryl methyl sites for hydroxylation is 1. The molecule has 0 bridgehead atoms. The van der Waals surface area contributed by atoms with E-state index in [1.165, 1.54) is 12.8 Å². The summed E-state index contributed by atoms with van der Waals surface area (Å²) in [6.45, 7) is 4.50. The molecular weight excluding hydrogens is 214 g/mol. The number of ether oxygens (including phenoxy) is 1. The van der Waals surface area contributed by atoms with E-state index in [9.17, 15) is 4.79 Å². The summed E-state index contributed by atoms with van der Waals surface area (Å²) in [5.41, 5.74) is 7.63. The first-order chi connectivity index (χ1) is 8.16. The number of carbonyl (C=O) groups excluding carboxylic acids is 1. The molecule has 1 aromatic carbocycles. The molecule has 1 rings (SSSR count). The van der Waals surface area contributed by atoms with Gasteiger partial charge in [0.25, 0.3) is 0 Å². The summed E-state index contributed by atoms with van der Waals surface area (Å²) in [4.78, 5) is 11.8. The third kappa shape index (κ3) is 4.10. The Hall–Kier alpha value is -1.51. The van der Waals surface area contributed by atoms with Crippen molar-refractivity contribution in [3.63, 3.8) is 0 Å². The van der Waals surface area contributed by atoms with Gasteiger partial charge in [0.1, 0.15) is 0 Å². The van der Waals surface area contributed by atoms with Gasteiger partial charge in [-0.3, -0.25) is 0 Å². The van der Waals surface area contributed by atoms with Crippen LogP contribution >= 0.6 is 0 Å². The van der Waals surface area contributed by atoms with Crippen molar-refractivity contribution in [3.05, 3.63) is 29.3 Å². The minimum atomic E-state index is -0.308. The van der Waals surface area contributed by atoms with Gasteiger partial charge in [0.2, 0.25) is 0 Å². The van der Waals surface area contributed by atoms with E-state index in [4.69, 9.17) is 10.5 Å². The lowest BCUT2D eigenvalue weighted by molar-refractivity contribution is 0.0498. The van der Waals surface area contributed by atoms with Crippen LogP contribution in [0, 0.1) is 6.92 Å². The maximum absolute atomic E-state index is 11.8. The standard InChI is InChI=1S/C14H21NO2/c1-3-4-5-6-10-17-14(16)13-11(2)8-7-9-12(13)15/h7-9H,3-6,10,15H2,1-2H3. The highest BCUT2D eigenvalue weighted by atomic mass is 16.5. The number of hydrogen-bond acceptors (Lipinski definition) is 3. The van der Waals surface area contributed by atoms with Crippen LogP contribution in [0.1, 0.15) is 48.5 Å². The van der Waals surface area contributed by atoms with E-state index in [1.54, 1.807) is 6.07 Å². The minimum Gasteiger partial charge on any atom is -0.462 e. The number of rotatable bonds is 6. The fraction of sp³-hybridized carbons (Fsp3) is 0.500. The smallest absolute Gasteiger partial charge is 0.340 e. The number of benzene rings is 1. The maximum Gasteiger partial charge on any atom is 0.340 e. The fourth-order valence-electron chi connectivity index (χ4n) is 1.74. The van der Waals surface area contributed by atoms with Gasteiger partial charge in [-0.2, -0.15) is 0 Å². The molecule has 0 amide bonds. The summed E-state index contributed by atoms with van der Waals surface area (Å²) in [7, 11) is 0. The summed E-state index contributed by atoms with van der Waals surface area (Å²) < 4.78 is 5.22. The number of nitrogen functional groups attached to an aromatic ring is 1. The number of unbranched alkanes of at least 4 members (excludes halogenated alkanes) is 3. The van der Waals surface area contributed by atoms with Gasteiger partial charge in [-0.1, -0.05) is 38.3 Å². The number of esters is 1. The Labute approximate surface area is 103 Å². The van der Waals surface area contributed by atoms with Crippen molar-refractivity contribution in [2.24, 2.45) is 0 Å². The van der Waals surface area contributed by atoms with Crippen molar-refractivity contribution >= 4 is 11.7 Å². The zero-order chi connectivity index (χ0) is 12.7. The molecule has 0 unspecified atom stereocenters. The Morgan fingerprint density at radius 2 is 2.06 bits per heavy atom. The highest BCUT2D eigenvalue weighted by Gasteiger charge is 2.13. The summed E-state index contributed by atoms with van der Waals surface area (Å²) in [5, 5.41) is 0. The van der Waals surface area contributed by atoms with Gasteiger partial charge in [-0.15, -0.1) is 0 Å². The van der Waals surface area contributed by atoms with Crippen LogP contribution in [0.15, 0.2) is 18.2 Å². The Bertz CT molecular complexity index is 354. The summed E-state index contributed by atoms with van der Waals surface area (Å²) in [5.74, 6) is -0.308. The molecule has 0 saturated heterocycles. The van der Waals surface area contributed by atoms with Gasteiger partial charge in [0, 0.05) is 5.69 Å². The number of nitrogens with two attached hydrogens (primary N) is 1. The molecule has 94 valence electrons. The molecule has 1 aromatic rings. The van der Waals surface area contributed by atoms with Crippen LogP contribution in [0.3, 0.4) is 0 Å². The molecule has 0 saturated carbocycles. The first kappa shape index (κ1) is 13.6. The number of hydrogen-bond donors (Lipinski definition) is 1. The van der Waals surface area contributed by atoms with E-state index in [1.807, 2.05) is 19.1 Å². The first-order valence-corrected chi connectivity index (χ1v) is 6.19. The minimum absolute atomic E-state index is 0.308. The van der Waals surface area contributed by atoms with Gasteiger partial charge in [0.15, 0.2) is 0 Å².